The van der Waals surface area contributed by atoms with Crippen LogP contribution in [0.2, 0.25) is 0 Å². The van der Waals surface area contributed by atoms with E-state index in [9.17, 15) is 9.59 Å². The minimum absolute atomic E-state index is 0.221. The van der Waals surface area contributed by atoms with Crippen LogP contribution in [-0.4, -0.2) is 56.2 Å². The number of benzene rings is 1. The Morgan fingerprint density at radius 2 is 2.09 bits per heavy atom. The smallest absolute Gasteiger partial charge is 0.325 e. The number of carbonyl (C=O) groups excluding carboxylic acids is 2. The fraction of sp³-hybridized carbons (Fsp3) is 0.467. The number of nitrogens with one attached hydrogen (secondary N) is 3. The van der Waals surface area contributed by atoms with Crippen molar-refractivity contribution in [3.63, 3.8) is 0 Å². The monoisotopic (exact) mass is 306 g/mol. The Kier molecular flexibility index (Phi) is 5.74. The number of anilines is 1. The standard InChI is InChI=1S/C15H22N4O3/c1-11-9-16-7-8-19(11)10-14(20)18-15(21)17-12-3-5-13(22-2)6-4-12/h3-6,11,16H,7-10H2,1-2H3,(H2,17,18,20,21)/t11-/m1/s1. The van der Waals surface area contributed by atoms with E-state index in [0.29, 0.717) is 11.4 Å². The number of rotatable bonds is 4. The SMILES string of the molecule is COc1ccc(NC(=O)NC(=O)CN2CCNC[C@H]2C)cc1. The minimum Gasteiger partial charge on any atom is -0.497 e. The van der Waals surface area contributed by atoms with Crippen LogP contribution in [0.5, 0.6) is 5.75 Å². The van der Waals surface area contributed by atoms with Crippen LogP contribution in [0.4, 0.5) is 10.5 Å². The molecule has 2 rings (SSSR count). The van der Waals surface area contributed by atoms with Crippen LogP contribution < -0.4 is 20.7 Å². The first-order chi connectivity index (χ1) is 10.6. The predicted molar refractivity (Wildman–Crippen MR) is 84.1 cm³/mol. The van der Waals surface area contributed by atoms with Crippen molar-refractivity contribution in [1.82, 2.24) is 15.5 Å². The molecule has 1 aromatic rings. The van der Waals surface area contributed by atoms with E-state index in [1.165, 1.54) is 0 Å². The first-order valence-corrected chi connectivity index (χ1v) is 7.28. The van der Waals surface area contributed by atoms with Gasteiger partial charge in [-0.25, -0.2) is 4.79 Å². The number of urea groups is 1. The summed E-state index contributed by atoms with van der Waals surface area (Å²) in [6.07, 6.45) is 0. The fourth-order valence-corrected chi connectivity index (χ4v) is 2.31. The maximum absolute atomic E-state index is 11.9. The Morgan fingerprint density at radius 3 is 2.73 bits per heavy atom. The van der Waals surface area contributed by atoms with Crippen molar-refractivity contribution in [2.24, 2.45) is 0 Å². The van der Waals surface area contributed by atoms with Gasteiger partial charge in [-0.3, -0.25) is 15.0 Å². The molecule has 1 fully saturated rings. The van der Waals surface area contributed by atoms with E-state index in [1.807, 2.05) is 4.90 Å². The predicted octanol–water partition coefficient (Wildman–Crippen LogP) is 0.637. The third kappa shape index (κ3) is 4.71. The second kappa shape index (κ2) is 7.77. The third-order valence-corrected chi connectivity index (χ3v) is 3.59. The maximum Gasteiger partial charge on any atom is 0.325 e. The van der Waals surface area contributed by atoms with E-state index in [-0.39, 0.29) is 18.5 Å². The van der Waals surface area contributed by atoms with E-state index in [1.54, 1.807) is 31.4 Å². The van der Waals surface area contributed by atoms with Gasteiger partial charge in [0.05, 0.1) is 13.7 Å². The zero-order chi connectivity index (χ0) is 15.9. The molecule has 7 heteroatoms. The summed E-state index contributed by atoms with van der Waals surface area (Å²) >= 11 is 0. The summed E-state index contributed by atoms with van der Waals surface area (Å²) in [6.45, 7) is 4.78. The molecule has 1 heterocycles. The Labute approximate surface area is 130 Å². The van der Waals surface area contributed by atoms with Crippen LogP contribution in [0, 0.1) is 0 Å². The van der Waals surface area contributed by atoms with Crippen LogP contribution in [0.3, 0.4) is 0 Å². The number of imide groups is 1. The molecule has 1 saturated heterocycles. The normalized spacial score (nSPS) is 18.5. The lowest BCUT2D eigenvalue weighted by molar-refractivity contribution is -0.121. The summed E-state index contributed by atoms with van der Waals surface area (Å²) in [5, 5.41) is 8.22. The van der Waals surface area contributed by atoms with Gasteiger partial charge in [-0.15, -0.1) is 0 Å². The molecule has 22 heavy (non-hydrogen) atoms. The summed E-state index contributed by atoms with van der Waals surface area (Å²) in [4.78, 5) is 25.7. The van der Waals surface area contributed by atoms with E-state index in [0.717, 1.165) is 19.6 Å². The highest BCUT2D eigenvalue weighted by molar-refractivity contribution is 6.01. The van der Waals surface area contributed by atoms with Gasteiger partial charge in [0.2, 0.25) is 5.91 Å². The highest BCUT2D eigenvalue weighted by atomic mass is 16.5. The van der Waals surface area contributed by atoms with Crippen molar-refractivity contribution in [2.75, 3.05) is 38.6 Å². The number of carbonyl (C=O) groups is 2. The topological polar surface area (TPSA) is 82.7 Å². The van der Waals surface area contributed by atoms with Gasteiger partial charge in [0.25, 0.3) is 0 Å². The second-order valence-corrected chi connectivity index (χ2v) is 5.25. The molecule has 3 amide bonds. The van der Waals surface area contributed by atoms with Crippen LogP contribution in [-0.2, 0) is 4.79 Å². The summed E-state index contributed by atoms with van der Waals surface area (Å²) in [6, 6.07) is 6.64. The largest absolute Gasteiger partial charge is 0.497 e. The average Bonchev–Trinajstić information content (AvgIpc) is 2.50. The molecule has 0 bridgehead atoms. The summed E-state index contributed by atoms with van der Waals surface area (Å²) in [7, 11) is 1.57. The molecule has 0 saturated carbocycles. The number of hydrogen-bond acceptors (Lipinski definition) is 5. The van der Waals surface area contributed by atoms with Crippen LogP contribution in [0.1, 0.15) is 6.92 Å². The van der Waals surface area contributed by atoms with Gasteiger partial charge in [-0.05, 0) is 31.2 Å². The molecule has 0 aliphatic carbocycles. The molecule has 0 unspecified atom stereocenters. The molecule has 120 valence electrons. The van der Waals surface area contributed by atoms with Crippen molar-refractivity contribution in [3.8, 4) is 5.75 Å². The lowest BCUT2D eigenvalue weighted by Crippen LogP contribution is -2.53. The van der Waals surface area contributed by atoms with Crippen molar-refractivity contribution in [3.05, 3.63) is 24.3 Å². The van der Waals surface area contributed by atoms with Crippen LogP contribution >= 0.6 is 0 Å². The third-order valence-electron chi connectivity index (χ3n) is 3.59. The van der Waals surface area contributed by atoms with Gasteiger partial charge in [0.15, 0.2) is 0 Å². The highest BCUT2D eigenvalue weighted by Crippen LogP contribution is 2.14. The Balaban J connectivity index is 1.79. The molecular weight excluding hydrogens is 284 g/mol. The zero-order valence-corrected chi connectivity index (χ0v) is 12.9. The van der Waals surface area contributed by atoms with Gasteiger partial charge >= 0.3 is 6.03 Å². The fourth-order valence-electron chi connectivity index (χ4n) is 2.31. The molecular formula is C15H22N4O3. The van der Waals surface area contributed by atoms with E-state index >= 15 is 0 Å². The molecule has 1 aromatic carbocycles. The lowest BCUT2D eigenvalue weighted by atomic mass is 10.2. The first kappa shape index (κ1) is 16.3. The van der Waals surface area contributed by atoms with Crippen LogP contribution in [0.25, 0.3) is 0 Å². The second-order valence-electron chi connectivity index (χ2n) is 5.25. The Hall–Kier alpha value is -2.12. The van der Waals surface area contributed by atoms with Crippen molar-refractivity contribution in [2.45, 2.75) is 13.0 Å². The van der Waals surface area contributed by atoms with E-state index in [4.69, 9.17) is 4.74 Å². The van der Waals surface area contributed by atoms with Gasteiger partial charge in [0.1, 0.15) is 5.75 Å². The van der Waals surface area contributed by atoms with Crippen LogP contribution in [0.15, 0.2) is 24.3 Å². The zero-order valence-electron chi connectivity index (χ0n) is 12.9. The molecule has 1 atom stereocenters. The highest BCUT2D eigenvalue weighted by Gasteiger charge is 2.21. The number of nitrogens with zero attached hydrogens (tertiary/aromatic N) is 1. The lowest BCUT2D eigenvalue weighted by Gasteiger charge is -2.33. The quantitative estimate of drug-likeness (QED) is 0.760. The Morgan fingerprint density at radius 1 is 1.36 bits per heavy atom. The number of piperazine rings is 1. The summed E-state index contributed by atoms with van der Waals surface area (Å²) < 4.78 is 5.04. The number of methoxy groups -OCH3 is 1. The molecule has 7 nitrogen and oxygen atoms in total. The van der Waals surface area contributed by atoms with Gasteiger partial charge in [0, 0.05) is 31.4 Å². The molecule has 0 spiro atoms. The summed E-state index contributed by atoms with van der Waals surface area (Å²) in [5.41, 5.74) is 0.599. The molecule has 1 aliphatic rings. The van der Waals surface area contributed by atoms with Crippen molar-refractivity contribution >= 4 is 17.6 Å². The molecule has 0 aromatic heterocycles. The van der Waals surface area contributed by atoms with E-state index in [2.05, 4.69) is 22.9 Å². The van der Waals surface area contributed by atoms with Gasteiger partial charge in [-0.2, -0.15) is 0 Å². The van der Waals surface area contributed by atoms with Gasteiger partial charge in [-0.1, -0.05) is 0 Å². The molecule has 1 aliphatic heterocycles. The minimum atomic E-state index is -0.530. The number of hydrogen-bond donors (Lipinski definition) is 3. The van der Waals surface area contributed by atoms with E-state index < -0.39 is 6.03 Å². The van der Waals surface area contributed by atoms with Crippen molar-refractivity contribution in [1.29, 1.82) is 0 Å². The molecule has 0 radical (unpaired) electrons. The summed E-state index contributed by atoms with van der Waals surface area (Å²) in [5.74, 6) is 0.398. The first-order valence-electron chi connectivity index (χ1n) is 7.28. The maximum atomic E-state index is 11.9. The van der Waals surface area contributed by atoms with Crippen molar-refractivity contribution < 1.29 is 14.3 Å². The number of amides is 3. The van der Waals surface area contributed by atoms with Gasteiger partial charge < -0.3 is 15.4 Å². The number of ether oxygens (including phenoxy) is 1. The average molecular weight is 306 g/mol. The Bertz CT molecular complexity index is 518. The molecule has 3 N–H and O–H groups in total.